The molecule has 0 rings (SSSR count). The number of rotatable bonds is 8. The first-order chi connectivity index (χ1) is 8.34. The molecule has 0 bridgehead atoms. The topological polar surface area (TPSA) is 40.5 Å². The highest BCUT2D eigenvalue weighted by Crippen LogP contribution is 2.21. The summed E-state index contributed by atoms with van der Waals surface area (Å²) < 4.78 is 0. The lowest BCUT2D eigenvalue weighted by molar-refractivity contribution is -0.136. The summed E-state index contributed by atoms with van der Waals surface area (Å²) in [4.78, 5) is 13.9. The smallest absolute Gasteiger partial charge is 0.222 e. The van der Waals surface area contributed by atoms with Crippen LogP contribution in [0.3, 0.4) is 0 Å². The second-order valence-corrected chi connectivity index (χ2v) is 5.83. The van der Waals surface area contributed by atoms with E-state index in [0.717, 1.165) is 19.3 Å². The number of aliphatic hydroxyl groups excluding tert-OH is 1. The van der Waals surface area contributed by atoms with Crippen molar-refractivity contribution >= 4 is 5.91 Å². The van der Waals surface area contributed by atoms with Crippen molar-refractivity contribution in [1.29, 1.82) is 0 Å². The lowest BCUT2D eigenvalue weighted by Gasteiger charge is -2.36. The number of nitrogens with zero attached hydrogens (tertiary/aromatic N) is 1. The molecule has 0 aliphatic rings. The maximum Gasteiger partial charge on any atom is 0.222 e. The van der Waals surface area contributed by atoms with Crippen LogP contribution in [0, 0.1) is 11.8 Å². The number of carbonyl (C=O) groups excluding carboxylic acids is 1. The number of likely N-dealkylation sites (N-methyl/N-ethyl adjacent to an activating group) is 1. The van der Waals surface area contributed by atoms with Gasteiger partial charge in [0, 0.05) is 13.5 Å². The lowest BCUT2D eigenvalue weighted by atomic mass is 9.90. The minimum Gasteiger partial charge on any atom is -0.391 e. The Bertz CT molecular complexity index is 241. The Morgan fingerprint density at radius 3 is 2.17 bits per heavy atom. The van der Waals surface area contributed by atoms with Crippen LogP contribution in [0.15, 0.2) is 0 Å². The lowest BCUT2D eigenvalue weighted by Crippen LogP contribution is -2.48. The van der Waals surface area contributed by atoms with E-state index in [4.69, 9.17) is 0 Å². The fourth-order valence-corrected chi connectivity index (χ4v) is 2.39. The normalized spacial score (nSPS) is 16.4. The Balaban J connectivity index is 4.78. The third-order valence-electron chi connectivity index (χ3n) is 3.63. The average Bonchev–Trinajstić information content (AvgIpc) is 2.28. The van der Waals surface area contributed by atoms with E-state index in [9.17, 15) is 9.90 Å². The van der Waals surface area contributed by atoms with Crippen LogP contribution in [0.5, 0.6) is 0 Å². The first kappa shape index (κ1) is 17.4. The van der Waals surface area contributed by atoms with Crippen molar-refractivity contribution in [3.8, 4) is 0 Å². The fourth-order valence-electron chi connectivity index (χ4n) is 2.39. The molecule has 1 amide bonds. The molecule has 0 heterocycles. The molecule has 3 unspecified atom stereocenters. The number of aliphatic hydroxyl groups is 1. The van der Waals surface area contributed by atoms with Gasteiger partial charge in [0.2, 0.25) is 5.91 Å². The van der Waals surface area contributed by atoms with Crippen LogP contribution in [0.1, 0.15) is 60.3 Å². The molecule has 0 saturated heterocycles. The van der Waals surface area contributed by atoms with E-state index >= 15 is 0 Å². The minimum atomic E-state index is -0.411. The van der Waals surface area contributed by atoms with Crippen molar-refractivity contribution in [3.05, 3.63) is 0 Å². The number of amides is 1. The van der Waals surface area contributed by atoms with E-state index in [1.807, 2.05) is 20.9 Å². The van der Waals surface area contributed by atoms with Gasteiger partial charge in [-0.25, -0.2) is 0 Å². The number of hydrogen-bond acceptors (Lipinski definition) is 2. The highest BCUT2D eigenvalue weighted by molar-refractivity contribution is 5.76. The first-order valence-corrected chi connectivity index (χ1v) is 7.28. The summed E-state index contributed by atoms with van der Waals surface area (Å²) in [6.07, 6.45) is 2.83. The molecule has 0 aromatic heterocycles. The van der Waals surface area contributed by atoms with Crippen molar-refractivity contribution in [2.45, 2.75) is 72.4 Å². The molecule has 18 heavy (non-hydrogen) atoms. The molecule has 0 aromatic rings. The SMILES string of the molecule is CCCC(O)C(C(C)CC)N(C)C(=O)CC(C)C. The van der Waals surface area contributed by atoms with Gasteiger partial charge in [-0.2, -0.15) is 0 Å². The molecule has 0 spiro atoms. The Kier molecular flexibility index (Phi) is 8.25. The van der Waals surface area contributed by atoms with Crippen molar-refractivity contribution in [1.82, 2.24) is 4.90 Å². The monoisotopic (exact) mass is 257 g/mol. The van der Waals surface area contributed by atoms with E-state index in [1.165, 1.54) is 0 Å². The van der Waals surface area contributed by atoms with Crippen LogP contribution in [0.25, 0.3) is 0 Å². The predicted molar refractivity (Wildman–Crippen MR) is 76.4 cm³/mol. The maximum atomic E-state index is 12.1. The number of carbonyl (C=O) groups is 1. The summed E-state index contributed by atoms with van der Waals surface area (Å²) in [5.41, 5.74) is 0. The average molecular weight is 257 g/mol. The van der Waals surface area contributed by atoms with Gasteiger partial charge in [-0.05, 0) is 18.3 Å². The zero-order valence-corrected chi connectivity index (χ0v) is 12.9. The molecule has 0 aliphatic heterocycles. The van der Waals surface area contributed by atoms with E-state index in [1.54, 1.807) is 4.90 Å². The second kappa shape index (κ2) is 8.52. The standard InChI is InChI=1S/C15H31NO2/c1-7-9-13(17)15(12(5)8-2)16(6)14(18)10-11(3)4/h11-13,15,17H,7-10H2,1-6H3. The van der Waals surface area contributed by atoms with Gasteiger partial charge >= 0.3 is 0 Å². The molecule has 3 nitrogen and oxygen atoms in total. The van der Waals surface area contributed by atoms with Gasteiger partial charge in [0.25, 0.3) is 0 Å². The Labute approximate surface area is 113 Å². The summed E-state index contributed by atoms with van der Waals surface area (Å²) >= 11 is 0. The maximum absolute atomic E-state index is 12.1. The molecular weight excluding hydrogens is 226 g/mol. The molecule has 0 aliphatic carbocycles. The van der Waals surface area contributed by atoms with E-state index in [-0.39, 0.29) is 11.9 Å². The molecule has 0 saturated carbocycles. The molecule has 1 N–H and O–H groups in total. The van der Waals surface area contributed by atoms with E-state index < -0.39 is 6.10 Å². The van der Waals surface area contributed by atoms with Crippen LogP contribution in [0.4, 0.5) is 0 Å². The third kappa shape index (κ3) is 5.38. The highest BCUT2D eigenvalue weighted by atomic mass is 16.3. The Hall–Kier alpha value is -0.570. The number of hydrogen-bond donors (Lipinski definition) is 1. The van der Waals surface area contributed by atoms with Gasteiger partial charge in [0.05, 0.1) is 12.1 Å². The van der Waals surface area contributed by atoms with Crippen LogP contribution in [-0.2, 0) is 4.79 Å². The quantitative estimate of drug-likeness (QED) is 0.726. The summed E-state index contributed by atoms with van der Waals surface area (Å²) in [5.74, 6) is 0.832. The zero-order valence-electron chi connectivity index (χ0n) is 12.9. The zero-order chi connectivity index (χ0) is 14.3. The molecular formula is C15H31NO2. The summed E-state index contributed by atoms with van der Waals surface area (Å²) in [6, 6.07) is -0.0544. The van der Waals surface area contributed by atoms with E-state index in [0.29, 0.717) is 18.3 Å². The molecule has 0 fully saturated rings. The van der Waals surface area contributed by atoms with E-state index in [2.05, 4.69) is 20.8 Å². The largest absolute Gasteiger partial charge is 0.391 e. The van der Waals surface area contributed by atoms with Gasteiger partial charge in [-0.15, -0.1) is 0 Å². The van der Waals surface area contributed by atoms with Crippen LogP contribution in [-0.4, -0.2) is 35.1 Å². The molecule has 108 valence electrons. The Morgan fingerprint density at radius 2 is 1.78 bits per heavy atom. The van der Waals surface area contributed by atoms with Gasteiger partial charge in [-0.1, -0.05) is 47.5 Å². The van der Waals surface area contributed by atoms with Crippen molar-refractivity contribution < 1.29 is 9.90 Å². The molecule has 0 aromatic carbocycles. The third-order valence-corrected chi connectivity index (χ3v) is 3.63. The molecule has 3 atom stereocenters. The van der Waals surface area contributed by atoms with Gasteiger partial charge < -0.3 is 10.0 Å². The molecule has 0 radical (unpaired) electrons. The van der Waals surface area contributed by atoms with Crippen LogP contribution in [0.2, 0.25) is 0 Å². The van der Waals surface area contributed by atoms with Crippen molar-refractivity contribution in [2.24, 2.45) is 11.8 Å². The summed E-state index contributed by atoms with van der Waals surface area (Å²) in [5, 5.41) is 10.3. The molecule has 3 heteroatoms. The Morgan fingerprint density at radius 1 is 1.22 bits per heavy atom. The van der Waals surface area contributed by atoms with Crippen LogP contribution < -0.4 is 0 Å². The fraction of sp³-hybridized carbons (Fsp3) is 0.933. The summed E-state index contributed by atoms with van der Waals surface area (Å²) in [6.45, 7) is 10.4. The minimum absolute atomic E-state index is 0.0544. The van der Waals surface area contributed by atoms with Crippen LogP contribution >= 0.6 is 0 Å². The first-order valence-electron chi connectivity index (χ1n) is 7.28. The van der Waals surface area contributed by atoms with Crippen molar-refractivity contribution in [3.63, 3.8) is 0 Å². The van der Waals surface area contributed by atoms with Gasteiger partial charge in [0.1, 0.15) is 0 Å². The summed E-state index contributed by atoms with van der Waals surface area (Å²) in [7, 11) is 1.83. The van der Waals surface area contributed by atoms with Gasteiger partial charge in [-0.3, -0.25) is 4.79 Å². The van der Waals surface area contributed by atoms with Crippen molar-refractivity contribution in [2.75, 3.05) is 7.05 Å². The second-order valence-electron chi connectivity index (χ2n) is 5.83. The predicted octanol–water partition coefficient (Wildman–Crippen LogP) is 3.07. The van der Waals surface area contributed by atoms with Gasteiger partial charge in [0.15, 0.2) is 0 Å². The highest BCUT2D eigenvalue weighted by Gasteiger charge is 2.30.